The number of rotatable bonds is 6. The summed E-state index contributed by atoms with van der Waals surface area (Å²) in [4.78, 5) is 27.0. The monoisotopic (exact) mass is 304 g/mol. The molecule has 0 saturated carbocycles. The maximum atomic E-state index is 12.5. The number of hydrogen-bond acceptors (Lipinski definition) is 4. The first-order valence-corrected chi connectivity index (χ1v) is 6.26. The first-order chi connectivity index (χ1) is 9.84. The van der Waals surface area contributed by atoms with Gasteiger partial charge in [0.1, 0.15) is 0 Å². The topological polar surface area (TPSA) is 59.5 Å². The van der Waals surface area contributed by atoms with E-state index in [-0.39, 0.29) is 26.1 Å². The summed E-state index contributed by atoms with van der Waals surface area (Å²) in [6.45, 7) is 1.02. The second-order valence-corrected chi connectivity index (χ2v) is 4.10. The highest BCUT2D eigenvalue weighted by molar-refractivity contribution is 5.82. The summed E-state index contributed by atoms with van der Waals surface area (Å²) in [5, 5.41) is 0. The molecule has 0 aliphatic rings. The van der Waals surface area contributed by atoms with Crippen LogP contribution in [0.4, 0.5) is 13.2 Å². The lowest BCUT2D eigenvalue weighted by Crippen LogP contribution is -2.42. The molecule has 21 heavy (non-hydrogen) atoms. The van der Waals surface area contributed by atoms with E-state index in [0.717, 1.165) is 0 Å². The Morgan fingerprint density at radius 2 is 2.05 bits per heavy atom. The zero-order chi connectivity index (χ0) is 15.9. The molecule has 0 spiro atoms. The molecule has 1 aromatic rings. The largest absolute Gasteiger partial charge is 0.471 e. The zero-order valence-electron chi connectivity index (χ0n) is 11.4. The van der Waals surface area contributed by atoms with Crippen molar-refractivity contribution in [3.05, 3.63) is 30.1 Å². The predicted molar refractivity (Wildman–Crippen MR) is 67.0 cm³/mol. The van der Waals surface area contributed by atoms with Crippen molar-refractivity contribution in [2.75, 3.05) is 13.2 Å². The van der Waals surface area contributed by atoms with Gasteiger partial charge in [-0.15, -0.1) is 0 Å². The lowest BCUT2D eigenvalue weighted by atomic mass is 10.3. The highest BCUT2D eigenvalue weighted by Crippen LogP contribution is 2.20. The van der Waals surface area contributed by atoms with E-state index in [1.54, 1.807) is 19.1 Å². The maximum Gasteiger partial charge on any atom is 0.471 e. The van der Waals surface area contributed by atoms with E-state index in [1.807, 2.05) is 0 Å². The molecule has 1 aromatic heterocycles. The van der Waals surface area contributed by atoms with Crippen LogP contribution in [0, 0.1) is 0 Å². The SMILES string of the molecule is CCOC(=O)CCN(Cc1ccccn1)C(=O)C(F)(F)F. The Morgan fingerprint density at radius 3 is 2.57 bits per heavy atom. The summed E-state index contributed by atoms with van der Waals surface area (Å²) >= 11 is 0. The van der Waals surface area contributed by atoms with Gasteiger partial charge in [-0.25, -0.2) is 0 Å². The van der Waals surface area contributed by atoms with Crippen molar-refractivity contribution in [1.82, 2.24) is 9.88 Å². The summed E-state index contributed by atoms with van der Waals surface area (Å²) in [7, 11) is 0. The Hall–Kier alpha value is -2.12. The third-order valence-corrected chi connectivity index (χ3v) is 2.50. The normalized spacial score (nSPS) is 11.0. The Balaban J connectivity index is 2.75. The Kier molecular flexibility index (Phi) is 6.13. The van der Waals surface area contributed by atoms with Gasteiger partial charge in [0.2, 0.25) is 0 Å². The standard InChI is InChI=1S/C13H15F3N2O3/c1-2-21-11(19)6-8-18(12(20)13(14,15)16)9-10-5-3-4-7-17-10/h3-5,7H,2,6,8-9H2,1H3. The fourth-order valence-corrected chi connectivity index (χ4v) is 1.58. The van der Waals surface area contributed by atoms with Crippen LogP contribution in [0.3, 0.4) is 0 Å². The minimum absolute atomic E-state index is 0.131. The van der Waals surface area contributed by atoms with Crippen molar-refractivity contribution in [2.24, 2.45) is 0 Å². The highest BCUT2D eigenvalue weighted by Gasteiger charge is 2.42. The zero-order valence-corrected chi connectivity index (χ0v) is 11.4. The molecule has 5 nitrogen and oxygen atoms in total. The Morgan fingerprint density at radius 1 is 1.33 bits per heavy atom. The summed E-state index contributed by atoms with van der Waals surface area (Å²) in [5.41, 5.74) is 0.305. The number of pyridine rings is 1. The molecular weight excluding hydrogens is 289 g/mol. The number of ether oxygens (including phenoxy) is 1. The average Bonchev–Trinajstić information content (AvgIpc) is 2.43. The molecule has 1 heterocycles. The Bertz CT molecular complexity index is 477. The number of hydrogen-bond donors (Lipinski definition) is 0. The number of esters is 1. The first-order valence-electron chi connectivity index (χ1n) is 6.26. The number of nitrogens with zero attached hydrogens (tertiary/aromatic N) is 2. The average molecular weight is 304 g/mol. The van der Waals surface area contributed by atoms with Crippen LogP contribution in [-0.4, -0.2) is 41.1 Å². The lowest BCUT2D eigenvalue weighted by Gasteiger charge is -2.23. The van der Waals surface area contributed by atoms with Crippen molar-refractivity contribution in [3.63, 3.8) is 0 Å². The van der Waals surface area contributed by atoms with Crippen LogP contribution in [0.5, 0.6) is 0 Å². The smallest absolute Gasteiger partial charge is 0.466 e. The molecule has 0 aromatic carbocycles. The van der Waals surface area contributed by atoms with Crippen LogP contribution in [0.1, 0.15) is 19.0 Å². The van der Waals surface area contributed by atoms with Crippen molar-refractivity contribution in [1.29, 1.82) is 0 Å². The quantitative estimate of drug-likeness (QED) is 0.753. The second kappa shape index (κ2) is 7.61. The van der Waals surface area contributed by atoms with Crippen LogP contribution in [0.2, 0.25) is 0 Å². The van der Waals surface area contributed by atoms with Crippen molar-refractivity contribution < 1.29 is 27.5 Å². The van der Waals surface area contributed by atoms with Gasteiger partial charge in [0.05, 0.1) is 25.3 Å². The first kappa shape index (κ1) is 16.9. The lowest BCUT2D eigenvalue weighted by molar-refractivity contribution is -0.186. The minimum atomic E-state index is -5.00. The van der Waals surface area contributed by atoms with Gasteiger partial charge >= 0.3 is 18.1 Å². The summed E-state index contributed by atoms with van der Waals surface area (Å²) < 4.78 is 42.3. The summed E-state index contributed by atoms with van der Waals surface area (Å²) in [5.74, 6) is -2.66. The fourth-order valence-electron chi connectivity index (χ4n) is 1.58. The van der Waals surface area contributed by atoms with Gasteiger partial charge in [-0.2, -0.15) is 13.2 Å². The molecule has 8 heteroatoms. The van der Waals surface area contributed by atoms with E-state index >= 15 is 0 Å². The molecule has 0 unspecified atom stereocenters. The number of halogens is 3. The molecule has 0 fully saturated rings. The van der Waals surface area contributed by atoms with E-state index in [9.17, 15) is 22.8 Å². The fraction of sp³-hybridized carbons (Fsp3) is 0.462. The van der Waals surface area contributed by atoms with Crippen LogP contribution in [0.15, 0.2) is 24.4 Å². The third kappa shape index (κ3) is 5.80. The molecule has 0 aliphatic heterocycles. The van der Waals surface area contributed by atoms with E-state index in [4.69, 9.17) is 0 Å². The summed E-state index contributed by atoms with van der Waals surface area (Å²) in [6, 6.07) is 4.71. The number of carbonyl (C=O) groups is 2. The molecule has 1 rings (SSSR count). The van der Waals surface area contributed by atoms with Gasteiger partial charge < -0.3 is 9.64 Å². The number of carbonyl (C=O) groups excluding carboxylic acids is 2. The van der Waals surface area contributed by atoms with Gasteiger partial charge in [-0.1, -0.05) is 6.07 Å². The van der Waals surface area contributed by atoms with E-state index < -0.39 is 18.1 Å². The maximum absolute atomic E-state index is 12.5. The van der Waals surface area contributed by atoms with Gasteiger partial charge in [0, 0.05) is 12.7 Å². The van der Waals surface area contributed by atoms with Crippen molar-refractivity contribution in [3.8, 4) is 0 Å². The van der Waals surface area contributed by atoms with Crippen LogP contribution < -0.4 is 0 Å². The predicted octanol–water partition coefficient (Wildman–Crippen LogP) is 1.93. The van der Waals surface area contributed by atoms with Gasteiger partial charge in [-0.05, 0) is 19.1 Å². The summed E-state index contributed by atoms with van der Waals surface area (Å²) in [6.07, 6.45) is -3.89. The molecular formula is C13H15F3N2O3. The molecule has 0 aliphatic carbocycles. The van der Waals surface area contributed by atoms with E-state index in [1.165, 1.54) is 12.3 Å². The van der Waals surface area contributed by atoms with Gasteiger partial charge in [0.25, 0.3) is 0 Å². The van der Waals surface area contributed by atoms with Crippen LogP contribution in [0.25, 0.3) is 0 Å². The molecule has 0 saturated heterocycles. The van der Waals surface area contributed by atoms with Crippen LogP contribution in [-0.2, 0) is 20.9 Å². The van der Waals surface area contributed by atoms with Gasteiger partial charge in [-0.3, -0.25) is 14.6 Å². The molecule has 0 bridgehead atoms. The van der Waals surface area contributed by atoms with Crippen molar-refractivity contribution in [2.45, 2.75) is 26.1 Å². The molecule has 0 N–H and O–H groups in total. The third-order valence-electron chi connectivity index (χ3n) is 2.50. The number of aromatic nitrogens is 1. The van der Waals surface area contributed by atoms with Crippen LogP contribution >= 0.6 is 0 Å². The number of amides is 1. The highest BCUT2D eigenvalue weighted by atomic mass is 19.4. The molecule has 0 radical (unpaired) electrons. The van der Waals surface area contributed by atoms with Gasteiger partial charge in [0.15, 0.2) is 0 Å². The van der Waals surface area contributed by atoms with Crippen molar-refractivity contribution >= 4 is 11.9 Å². The molecule has 0 atom stereocenters. The molecule has 1 amide bonds. The Labute approximate surface area is 119 Å². The van der Waals surface area contributed by atoms with E-state index in [2.05, 4.69) is 9.72 Å². The second-order valence-electron chi connectivity index (χ2n) is 4.10. The minimum Gasteiger partial charge on any atom is -0.466 e. The van der Waals surface area contributed by atoms with E-state index in [0.29, 0.717) is 10.6 Å². The number of alkyl halides is 3. The molecule has 116 valence electrons.